The molecule has 2 saturated heterocycles. The lowest BCUT2D eigenvalue weighted by molar-refractivity contribution is -0.136. The Bertz CT molecular complexity index is 415. The minimum atomic E-state index is -0.232. The molecular formula is C13H18N2O2S. The van der Waals surface area contributed by atoms with Crippen LogP contribution >= 0.6 is 11.3 Å². The van der Waals surface area contributed by atoms with E-state index in [2.05, 4.69) is 11.4 Å². The first-order valence-electron chi connectivity index (χ1n) is 6.47. The Balaban J connectivity index is 1.62. The summed E-state index contributed by atoms with van der Waals surface area (Å²) in [5.41, 5.74) is 0. The van der Waals surface area contributed by atoms with Gasteiger partial charge >= 0.3 is 0 Å². The van der Waals surface area contributed by atoms with E-state index in [0.717, 1.165) is 19.4 Å². The molecule has 2 aliphatic heterocycles. The van der Waals surface area contributed by atoms with Gasteiger partial charge in [0.15, 0.2) is 0 Å². The van der Waals surface area contributed by atoms with Gasteiger partial charge in [0.1, 0.15) is 0 Å². The summed E-state index contributed by atoms with van der Waals surface area (Å²) in [6.07, 6.45) is 1.94. The minimum absolute atomic E-state index is 0.206. The average molecular weight is 266 g/mol. The molecule has 98 valence electrons. The van der Waals surface area contributed by atoms with Gasteiger partial charge in [0, 0.05) is 24.5 Å². The van der Waals surface area contributed by atoms with Crippen molar-refractivity contribution in [3.05, 3.63) is 22.4 Å². The molecule has 0 aromatic carbocycles. The second-order valence-corrected chi connectivity index (χ2v) is 6.09. The third-order valence-electron chi connectivity index (χ3n) is 3.74. The van der Waals surface area contributed by atoms with Gasteiger partial charge in [0.2, 0.25) is 5.91 Å². The first kappa shape index (κ1) is 12.1. The van der Waals surface area contributed by atoms with Crippen LogP contribution in [0.4, 0.5) is 0 Å². The topological polar surface area (TPSA) is 43.8 Å². The van der Waals surface area contributed by atoms with Crippen LogP contribution < -0.4 is 0 Å². The van der Waals surface area contributed by atoms with Gasteiger partial charge in [-0.3, -0.25) is 9.69 Å². The summed E-state index contributed by atoms with van der Waals surface area (Å²) in [5, 5.41) is 11.3. The van der Waals surface area contributed by atoms with E-state index in [-0.39, 0.29) is 18.1 Å². The van der Waals surface area contributed by atoms with Crippen molar-refractivity contribution in [1.29, 1.82) is 0 Å². The molecule has 18 heavy (non-hydrogen) atoms. The third kappa shape index (κ3) is 2.30. The predicted molar refractivity (Wildman–Crippen MR) is 70.5 cm³/mol. The number of carbonyl (C=O) groups excluding carboxylic acids is 1. The van der Waals surface area contributed by atoms with Gasteiger partial charge in [-0.2, -0.15) is 0 Å². The van der Waals surface area contributed by atoms with Gasteiger partial charge in [0.05, 0.1) is 18.7 Å². The van der Waals surface area contributed by atoms with Gasteiger partial charge in [-0.25, -0.2) is 0 Å². The van der Waals surface area contributed by atoms with E-state index in [1.807, 2.05) is 15.9 Å². The summed E-state index contributed by atoms with van der Waals surface area (Å²) in [7, 11) is 0. The Labute approximate surface area is 111 Å². The van der Waals surface area contributed by atoms with E-state index in [9.17, 15) is 9.90 Å². The first-order valence-corrected chi connectivity index (χ1v) is 7.35. The van der Waals surface area contributed by atoms with Crippen LogP contribution in [0.15, 0.2) is 17.5 Å². The molecule has 1 N–H and O–H groups in total. The highest BCUT2D eigenvalue weighted by atomic mass is 32.1. The summed E-state index contributed by atoms with van der Waals surface area (Å²) in [6, 6.07) is 4.45. The van der Waals surface area contributed by atoms with Crippen LogP contribution in [-0.2, 0) is 4.79 Å². The van der Waals surface area contributed by atoms with Crippen LogP contribution in [0.2, 0.25) is 0 Å². The molecule has 3 rings (SSSR count). The van der Waals surface area contributed by atoms with Gasteiger partial charge in [-0.1, -0.05) is 6.07 Å². The molecule has 5 heteroatoms. The Morgan fingerprint density at radius 1 is 1.50 bits per heavy atom. The van der Waals surface area contributed by atoms with Crippen molar-refractivity contribution in [3.63, 3.8) is 0 Å². The van der Waals surface area contributed by atoms with Crippen molar-refractivity contribution < 1.29 is 9.90 Å². The Hall–Kier alpha value is -0.910. The maximum Gasteiger partial charge on any atom is 0.237 e. The lowest BCUT2D eigenvalue weighted by atomic mass is 10.1. The zero-order valence-electron chi connectivity index (χ0n) is 10.3. The van der Waals surface area contributed by atoms with Crippen molar-refractivity contribution >= 4 is 17.2 Å². The van der Waals surface area contributed by atoms with Crippen LogP contribution in [-0.4, -0.2) is 53.1 Å². The van der Waals surface area contributed by atoms with Gasteiger partial charge in [-0.15, -0.1) is 11.3 Å². The van der Waals surface area contributed by atoms with E-state index < -0.39 is 0 Å². The van der Waals surface area contributed by atoms with Crippen LogP contribution in [0.25, 0.3) is 0 Å². The number of likely N-dealkylation sites (tertiary alicyclic amines) is 2. The van der Waals surface area contributed by atoms with Crippen molar-refractivity contribution in [2.45, 2.75) is 25.0 Å². The highest BCUT2D eigenvalue weighted by Gasteiger charge is 2.33. The fraction of sp³-hybridized carbons (Fsp3) is 0.615. The molecule has 2 fully saturated rings. The highest BCUT2D eigenvalue weighted by molar-refractivity contribution is 7.10. The number of carbonyl (C=O) groups is 1. The zero-order valence-corrected chi connectivity index (χ0v) is 11.1. The van der Waals surface area contributed by atoms with Crippen LogP contribution in [0, 0.1) is 0 Å². The van der Waals surface area contributed by atoms with Gasteiger partial charge in [0.25, 0.3) is 0 Å². The van der Waals surface area contributed by atoms with Crippen molar-refractivity contribution in [1.82, 2.24) is 9.80 Å². The molecule has 0 saturated carbocycles. The first-order chi connectivity index (χ1) is 8.74. The maximum atomic E-state index is 12.3. The molecule has 1 amide bonds. The quantitative estimate of drug-likeness (QED) is 0.890. The number of nitrogens with zero attached hydrogens (tertiary/aromatic N) is 2. The van der Waals surface area contributed by atoms with Crippen LogP contribution in [0.5, 0.6) is 0 Å². The number of aliphatic hydroxyl groups is 1. The fourth-order valence-corrected chi connectivity index (χ4v) is 3.67. The maximum absolute atomic E-state index is 12.3. The van der Waals surface area contributed by atoms with Crippen molar-refractivity contribution in [2.24, 2.45) is 0 Å². The molecular weight excluding hydrogens is 248 g/mol. The van der Waals surface area contributed by atoms with E-state index >= 15 is 0 Å². The number of aliphatic hydroxyl groups excluding tert-OH is 1. The molecule has 2 aliphatic rings. The van der Waals surface area contributed by atoms with Crippen LogP contribution in [0.3, 0.4) is 0 Å². The summed E-state index contributed by atoms with van der Waals surface area (Å²) in [5.74, 6) is 0.206. The SMILES string of the molecule is O=C(CN1CC(O)C1)N1CCCC1c1cccs1. The largest absolute Gasteiger partial charge is 0.390 e. The molecule has 1 aromatic rings. The van der Waals surface area contributed by atoms with E-state index in [0.29, 0.717) is 19.6 Å². The van der Waals surface area contributed by atoms with Crippen LogP contribution in [0.1, 0.15) is 23.8 Å². The normalized spacial score (nSPS) is 25.4. The monoisotopic (exact) mass is 266 g/mol. The molecule has 1 atom stereocenters. The van der Waals surface area contributed by atoms with Crippen molar-refractivity contribution in [3.8, 4) is 0 Å². The number of thiophene rings is 1. The number of hydrogen-bond donors (Lipinski definition) is 1. The van der Waals surface area contributed by atoms with E-state index in [4.69, 9.17) is 0 Å². The minimum Gasteiger partial charge on any atom is -0.390 e. The highest BCUT2D eigenvalue weighted by Crippen LogP contribution is 2.34. The van der Waals surface area contributed by atoms with Crippen molar-refractivity contribution in [2.75, 3.05) is 26.2 Å². The third-order valence-corrected chi connectivity index (χ3v) is 4.72. The summed E-state index contributed by atoms with van der Waals surface area (Å²) in [4.78, 5) is 17.6. The summed E-state index contributed by atoms with van der Waals surface area (Å²) in [6.45, 7) is 2.61. The Kier molecular flexibility index (Phi) is 3.37. The Morgan fingerprint density at radius 2 is 2.33 bits per heavy atom. The number of hydrogen-bond acceptors (Lipinski definition) is 4. The number of β-amino-alcohol motifs (C(OH)–C–C–N with tert-alkyl or cyclic N) is 1. The number of amides is 1. The second-order valence-electron chi connectivity index (χ2n) is 5.11. The second kappa shape index (κ2) is 4.99. The summed E-state index contributed by atoms with van der Waals surface area (Å²) < 4.78 is 0. The standard InChI is InChI=1S/C13H18N2O2S/c16-10-7-14(8-10)9-13(17)15-5-1-3-11(15)12-4-2-6-18-12/h2,4,6,10-11,16H,1,3,5,7-9H2. The predicted octanol–water partition coefficient (Wildman–Crippen LogP) is 1.09. The van der Waals surface area contributed by atoms with Gasteiger partial charge in [-0.05, 0) is 24.3 Å². The molecule has 3 heterocycles. The molecule has 4 nitrogen and oxygen atoms in total. The smallest absolute Gasteiger partial charge is 0.237 e. The average Bonchev–Trinajstić information content (AvgIpc) is 2.97. The number of rotatable bonds is 3. The molecule has 1 aromatic heterocycles. The van der Waals surface area contributed by atoms with E-state index in [1.54, 1.807) is 11.3 Å². The summed E-state index contributed by atoms with van der Waals surface area (Å²) >= 11 is 1.73. The lowest BCUT2D eigenvalue weighted by Gasteiger charge is -2.36. The fourth-order valence-electron chi connectivity index (χ4n) is 2.80. The molecule has 0 radical (unpaired) electrons. The van der Waals surface area contributed by atoms with E-state index in [1.165, 1.54) is 4.88 Å². The molecule has 0 aliphatic carbocycles. The molecule has 0 spiro atoms. The molecule has 1 unspecified atom stereocenters. The Morgan fingerprint density at radius 3 is 3.00 bits per heavy atom. The van der Waals surface area contributed by atoms with Gasteiger partial charge < -0.3 is 10.0 Å². The zero-order chi connectivity index (χ0) is 12.5. The molecule has 0 bridgehead atoms. The lowest BCUT2D eigenvalue weighted by Crippen LogP contribution is -2.54.